The standard InChI is InChI=1S/C18H24FNO4/c1-17(2,3)24-16(22)20-10-15(19)9-18(20,12-21)13-23-11-14-7-5-4-6-8-14/h4-8,12,15H,9-11,13H2,1-3H3/t15-,18-/m1/s1. The van der Waals surface area contributed by atoms with Crippen LogP contribution in [-0.2, 0) is 20.9 Å². The number of alkyl halides is 1. The maximum atomic E-state index is 13.9. The zero-order chi connectivity index (χ0) is 17.8. The van der Waals surface area contributed by atoms with E-state index < -0.39 is 23.4 Å². The van der Waals surface area contributed by atoms with E-state index in [1.807, 2.05) is 30.3 Å². The first-order chi connectivity index (χ1) is 11.3. The van der Waals surface area contributed by atoms with Crippen molar-refractivity contribution in [3.63, 3.8) is 0 Å². The van der Waals surface area contributed by atoms with Crippen LogP contribution in [0.3, 0.4) is 0 Å². The number of carbonyl (C=O) groups is 2. The van der Waals surface area contributed by atoms with Crippen molar-refractivity contribution in [1.29, 1.82) is 0 Å². The maximum absolute atomic E-state index is 13.9. The van der Waals surface area contributed by atoms with E-state index in [0.717, 1.165) is 10.5 Å². The van der Waals surface area contributed by atoms with E-state index in [0.29, 0.717) is 6.29 Å². The minimum Gasteiger partial charge on any atom is -0.444 e. The van der Waals surface area contributed by atoms with Crippen LogP contribution in [0.5, 0.6) is 0 Å². The van der Waals surface area contributed by atoms with Gasteiger partial charge in [-0.3, -0.25) is 4.90 Å². The highest BCUT2D eigenvalue weighted by Crippen LogP contribution is 2.32. The average molecular weight is 337 g/mol. The molecule has 0 unspecified atom stereocenters. The van der Waals surface area contributed by atoms with Crippen LogP contribution in [0.15, 0.2) is 30.3 Å². The van der Waals surface area contributed by atoms with Gasteiger partial charge in [-0.1, -0.05) is 30.3 Å². The summed E-state index contributed by atoms with van der Waals surface area (Å²) in [5, 5.41) is 0. The van der Waals surface area contributed by atoms with Crippen molar-refractivity contribution in [2.45, 2.75) is 51.1 Å². The van der Waals surface area contributed by atoms with Crippen molar-refractivity contribution in [3.05, 3.63) is 35.9 Å². The smallest absolute Gasteiger partial charge is 0.411 e. The highest BCUT2D eigenvalue weighted by molar-refractivity contribution is 5.78. The Kier molecular flexibility index (Phi) is 5.59. The molecule has 1 saturated heterocycles. The molecule has 0 radical (unpaired) electrons. The highest BCUT2D eigenvalue weighted by Gasteiger charge is 2.50. The van der Waals surface area contributed by atoms with Crippen LogP contribution >= 0.6 is 0 Å². The largest absolute Gasteiger partial charge is 0.444 e. The minimum absolute atomic E-state index is 0.0644. The lowest BCUT2D eigenvalue weighted by Crippen LogP contribution is -2.53. The molecule has 1 aliphatic rings. The molecule has 132 valence electrons. The molecule has 0 bridgehead atoms. The third-order valence-corrected chi connectivity index (χ3v) is 3.79. The Morgan fingerprint density at radius 3 is 2.62 bits per heavy atom. The first kappa shape index (κ1) is 18.4. The molecule has 1 amide bonds. The molecule has 5 nitrogen and oxygen atoms in total. The van der Waals surface area contributed by atoms with E-state index >= 15 is 0 Å². The monoisotopic (exact) mass is 337 g/mol. The maximum Gasteiger partial charge on any atom is 0.411 e. The lowest BCUT2D eigenvalue weighted by Gasteiger charge is -2.34. The van der Waals surface area contributed by atoms with Gasteiger partial charge >= 0.3 is 6.09 Å². The van der Waals surface area contributed by atoms with Gasteiger partial charge in [-0.15, -0.1) is 0 Å². The Balaban J connectivity index is 2.06. The quantitative estimate of drug-likeness (QED) is 0.775. The zero-order valence-electron chi connectivity index (χ0n) is 14.3. The van der Waals surface area contributed by atoms with Crippen LogP contribution in [0.4, 0.5) is 9.18 Å². The molecule has 1 aromatic rings. The van der Waals surface area contributed by atoms with E-state index in [2.05, 4.69) is 0 Å². The first-order valence-electron chi connectivity index (χ1n) is 7.98. The molecule has 2 rings (SSSR count). The van der Waals surface area contributed by atoms with Gasteiger partial charge in [0.2, 0.25) is 0 Å². The number of rotatable bonds is 5. The Morgan fingerprint density at radius 2 is 2.04 bits per heavy atom. The number of halogens is 1. The average Bonchev–Trinajstić information content (AvgIpc) is 2.84. The van der Waals surface area contributed by atoms with Crippen LogP contribution in [0, 0.1) is 0 Å². The van der Waals surface area contributed by atoms with Crippen molar-refractivity contribution in [1.82, 2.24) is 4.90 Å². The number of benzene rings is 1. The van der Waals surface area contributed by atoms with Crippen molar-refractivity contribution in [2.75, 3.05) is 13.2 Å². The molecular formula is C18H24FNO4. The van der Waals surface area contributed by atoms with E-state index in [1.54, 1.807) is 20.8 Å². The number of hydrogen-bond donors (Lipinski definition) is 0. The second-order valence-electron chi connectivity index (χ2n) is 7.09. The molecule has 1 fully saturated rings. The Morgan fingerprint density at radius 1 is 1.38 bits per heavy atom. The fraction of sp³-hybridized carbons (Fsp3) is 0.556. The van der Waals surface area contributed by atoms with E-state index in [1.165, 1.54) is 0 Å². The van der Waals surface area contributed by atoms with Crippen molar-refractivity contribution < 1.29 is 23.5 Å². The molecule has 1 aromatic carbocycles. The molecule has 2 atom stereocenters. The minimum atomic E-state index is -1.32. The molecule has 0 aliphatic carbocycles. The summed E-state index contributed by atoms with van der Waals surface area (Å²) in [4.78, 5) is 25.2. The number of ether oxygens (including phenoxy) is 2. The Labute approximate surface area is 141 Å². The topological polar surface area (TPSA) is 55.8 Å². The third-order valence-electron chi connectivity index (χ3n) is 3.79. The number of carbonyl (C=O) groups excluding carboxylic acids is 2. The SMILES string of the molecule is CC(C)(C)OC(=O)N1C[C@H](F)C[C@@]1(C=O)COCc1ccccc1. The molecule has 0 N–H and O–H groups in total. The molecule has 1 heterocycles. The molecule has 24 heavy (non-hydrogen) atoms. The lowest BCUT2D eigenvalue weighted by molar-refractivity contribution is -0.121. The van der Waals surface area contributed by atoms with Gasteiger partial charge in [-0.05, 0) is 26.3 Å². The van der Waals surface area contributed by atoms with Gasteiger partial charge in [0.25, 0.3) is 0 Å². The summed E-state index contributed by atoms with van der Waals surface area (Å²) in [7, 11) is 0. The van der Waals surface area contributed by atoms with Gasteiger partial charge < -0.3 is 14.3 Å². The van der Waals surface area contributed by atoms with Crippen LogP contribution in [0.1, 0.15) is 32.8 Å². The molecule has 1 aliphatic heterocycles. The summed E-state index contributed by atoms with van der Waals surface area (Å²) < 4.78 is 24.8. The van der Waals surface area contributed by atoms with Crippen LogP contribution in [0.2, 0.25) is 0 Å². The van der Waals surface area contributed by atoms with Gasteiger partial charge in [0, 0.05) is 6.42 Å². The zero-order valence-corrected chi connectivity index (χ0v) is 14.3. The number of amides is 1. The molecule has 6 heteroatoms. The second kappa shape index (κ2) is 7.30. The summed E-state index contributed by atoms with van der Waals surface area (Å²) in [6.07, 6.45) is -1.45. The van der Waals surface area contributed by atoms with Gasteiger partial charge in [-0.2, -0.15) is 0 Å². The van der Waals surface area contributed by atoms with Gasteiger partial charge in [0.15, 0.2) is 0 Å². The number of nitrogens with zero attached hydrogens (tertiary/aromatic N) is 1. The van der Waals surface area contributed by atoms with E-state index in [-0.39, 0.29) is 26.2 Å². The molecule has 0 aromatic heterocycles. The number of hydrogen-bond acceptors (Lipinski definition) is 4. The summed E-state index contributed by atoms with van der Waals surface area (Å²) in [5.74, 6) is 0. The Bertz CT molecular complexity index is 572. The van der Waals surface area contributed by atoms with Gasteiger partial charge in [0.05, 0.1) is 19.8 Å². The van der Waals surface area contributed by atoms with Gasteiger partial charge in [0.1, 0.15) is 23.6 Å². The molecular weight excluding hydrogens is 313 g/mol. The summed E-state index contributed by atoms with van der Waals surface area (Å²) in [6.45, 7) is 5.23. The summed E-state index contributed by atoms with van der Waals surface area (Å²) >= 11 is 0. The molecule has 0 spiro atoms. The van der Waals surface area contributed by atoms with Crippen LogP contribution < -0.4 is 0 Å². The van der Waals surface area contributed by atoms with Gasteiger partial charge in [-0.25, -0.2) is 9.18 Å². The highest BCUT2D eigenvalue weighted by atomic mass is 19.1. The van der Waals surface area contributed by atoms with Crippen LogP contribution in [-0.4, -0.2) is 47.7 Å². The third kappa shape index (κ3) is 4.54. The summed E-state index contributed by atoms with van der Waals surface area (Å²) in [5.41, 5.74) is -1.10. The number of aldehydes is 1. The first-order valence-corrected chi connectivity index (χ1v) is 7.98. The fourth-order valence-electron chi connectivity index (χ4n) is 2.71. The summed E-state index contributed by atoms with van der Waals surface area (Å²) in [6, 6.07) is 9.45. The van der Waals surface area contributed by atoms with Crippen molar-refractivity contribution in [2.24, 2.45) is 0 Å². The lowest BCUT2D eigenvalue weighted by atomic mass is 9.99. The van der Waals surface area contributed by atoms with Crippen molar-refractivity contribution >= 4 is 12.4 Å². The fourth-order valence-corrected chi connectivity index (χ4v) is 2.71. The van der Waals surface area contributed by atoms with E-state index in [9.17, 15) is 14.0 Å². The normalized spacial score (nSPS) is 24.0. The van der Waals surface area contributed by atoms with Crippen LogP contribution in [0.25, 0.3) is 0 Å². The second-order valence-corrected chi connectivity index (χ2v) is 7.09. The number of likely N-dealkylation sites (tertiary alicyclic amines) is 1. The predicted molar refractivity (Wildman–Crippen MR) is 87.3 cm³/mol. The Hall–Kier alpha value is -1.95. The van der Waals surface area contributed by atoms with Crippen molar-refractivity contribution in [3.8, 4) is 0 Å². The molecule has 0 saturated carbocycles. The van der Waals surface area contributed by atoms with E-state index in [4.69, 9.17) is 9.47 Å². The predicted octanol–water partition coefficient (Wildman–Crippen LogP) is 3.12.